The van der Waals surface area contributed by atoms with Crippen LogP contribution in [0.25, 0.3) is 0 Å². The number of aromatic nitrogens is 1. The van der Waals surface area contributed by atoms with Crippen LogP contribution in [0.1, 0.15) is 29.8 Å². The van der Waals surface area contributed by atoms with Gasteiger partial charge in [0.15, 0.2) is 5.13 Å². The van der Waals surface area contributed by atoms with Crippen molar-refractivity contribution in [2.75, 3.05) is 5.32 Å². The Morgan fingerprint density at radius 3 is 2.70 bits per heavy atom. The molecule has 0 saturated heterocycles. The second-order valence-corrected chi connectivity index (χ2v) is 6.31. The Morgan fingerprint density at radius 1 is 1.25 bits per heavy atom. The predicted molar refractivity (Wildman–Crippen MR) is 75.8 cm³/mol. The quantitative estimate of drug-likeness (QED) is 0.837. The fourth-order valence-corrected chi connectivity index (χ4v) is 3.87. The lowest BCUT2D eigenvalue weighted by Crippen LogP contribution is -2.34. The van der Waals surface area contributed by atoms with Gasteiger partial charge in [0.2, 0.25) is 5.91 Å². The van der Waals surface area contributed by atoms with Gasteiger partial charge < -0.3 is 10.4 Å². The first-order chi connectivity index (χ1) is 9.65. The minimum Gasteiger partial charge on any atom is -0.481 e. The second-order valence-electron chi connectivity index (χ2n) is 5.23. The summed E-state index contributed by atoms with van der Waals surface area (Å²) in [5, 5.41) is 12.6. The van der Waals surface area contributed by atoms with E-state index < -0.39 is 17.8 Å². The molecule has 6 heteroatoms. The third kappa shape index (κ3) is 2.47. The first kappa shape index (κ1) is 13.3. The van der Waals surface area contributed by atoms with Gasteiger partial charge in [-0.15, -0.1) is 11.3 Å². The lowest BCUT2D eigenvalue weighted by Gasteiger charge is -2.23. The molecule has 1 aromatic rings. The van der Waals surface area contributed by atoms with Gasteiger partial charge >= 0.3 is 5.97 Å². The number of aryl methyl sites for hydroxylation is 2. The normalized spacial score (nSPS) is 24.4. The molecule has 20 heavy (non-hydrogen) atoms. The maximum atomic E-state index is 12.3. The highest BCUT2D eigenvalue weighted by molar-refractivity contribution is 7.15. The first-order valence-electron chi connectivity index (χ1n) is 6.82. The molecule has 5 nitrogen and oxygen atoms in total. The van der Waals surface area contributed by atoms with Gasteiger partial charge in [-0.3, -0.25) is 9.59 Å². The molecule has 2 atom stereocenters. The topological polar surface area (TPSA) is 79.3 Å². The Kier molecular flexibility index (Phi) is 3.56. The fourth-order valence-electron chi connectivity index (χ4n) is 2.82. The largest absolute Gasteiger partial charge is 0.481 e. The Morgan fingerprint density at radius 2 is 2.00 bits per heavy atom. The number of hydrogen-bond acceptors (Lipinski definition) is 4. The van der Waals surface area contributed by atoms with E-state index in [1.165, 1.54) is 16.2 Å². The number of hydrogen-bond donors (Lipinski definition) is 2. The van der Waals surface area contributed by atoms with Gasteiger partial charge in [-0.05, 0) is 32.1 Å². The van der Waals surface area contributed by atoms with Crippen molar-refractivity contribution < 1.29 is 14.7 Å². The molecule has 1 heterocycles. The molecule has 2 aliphatic carbocycles. The van der Waals surface area contributed by atoms with Crippen LogP contribution in [0.5, 0.6) is 0 Å². The van der Waals surface area contributed by atoms with Gasteiger partial charge in [0, 0.05) is 4.88 Å². The van der Waals surface area contributed by atoms with Crippen LogP contribution in [-0.4, -0.2) is 22.0 Å². The van der Waals surface area contributed by atoms with Crippen molar-refractivity contribution in [2.45, 2.75) is 32.1 Å². The van der Waals surface area contributed by atoms with Crippen molar-refractivity contribution in [3.05, 3.63) is 22.7 Å². The van der Waals surface area contributed by atoms with E-state index in [2.05, 4.69) is 10.3 Å². The Hall–Kier alpha value is -1.69. The molecule has 0 bridgehead atoms. The van der Waals surface area contributed by atoms with E-state index in [0.29, 0.717) is 18.0 Å². The zero-order valence-corrected chi connectivity index (χ0v) is 11.8. The summed E-state index contributed by atoms with van der Waals surface area (Å²) in [5.74, 6) is -2.27. The molecule has 1 aromatic heterocycles. The SMILES string of the molecule is O=C(O)[C@H]1CC=CC[C@H]1C(=O)Nc1nc2c(s1)CCC2. The van der Waals surface area contributed by atoms with E-state index in [4.69, 9.17) is 0 Å². The van der Waals surface area contributed by atoms with Crippen LogP contribution in [0.3, 0.4) is 0 Å². The molecule has 0 aromatic carbocycles. The Balaban J connectivity index is 1.71. The molecule has 0 spiro atoms. The number of amides is 1. The maximum Gasteiger partial charge on any atom is 0.307 e. The molecule has 2 N–H and O–H groups in total. The number of carboxylic acids is 1. The van der Waals surface area contributed by atoms with Gasteiger partial charge in [-0.2, -0.15) is 0 Å². The predicted octanol–water partition coefficient (Wildman–Crippen LogP) is 2.24. The van der Waals surface area contributed by atoms with Crippen molar-refractivity contribution in [1.29, 1.82) is 0 Å². The fraction of sp³-hybridized carbons (Fsp3) is 0.500. The van der Waals surface area contributed by atoms with Gasteiger partial charge in [0.1, 0.15) is 0 Å². The molecule has 0 fully saturated rings. The lowest BCUT2D eigenvalue weighted by molar-refractivity contribution is -0.146. The third-order valence-electron chi connectivity index (χ3n) is 3.91. The zero-order valence-electron chi connectivity index (χ0n) is 11.0. The molecule has 0 saturated carbocycles. The highest BCUT2D eigenvalue weighted by Gasteiger charge is 2.34. The lowest BCUT2D eigenvalue weighted by atomic mass is 9.82. The Labute approximate surface area is 120 Å². The number of carbonyl (C=O) groups is 2. The summed E-state index contributed by atoms with van der Waals surface area (Å²) in [6, 6.07) is 0. The van der Waals surface area contributed by atoms with E-state index in [9.17, 15) is 14.7 Å². The Bertz CT molecular complexity index is 557. The van der Waals surface area contributed by atoms with Crippen LogP contribution < -0.4 is 5.32 Å². The summed E-state index contributed by atoms with van der Waals surface area (Å²) < 4.78 is 0. The van der Waals surface area contributed by atoms with Crippen molar-refractivity contribution in [2.24, 2.45) is 11.8 Å². The monoisotopic (exact) mass is 292 g/mol. The summed E-state index contributed by atoms with van der Waals surface area (Å²) in [7, 11) is 0. The maximum absolute atomic E-state index is 12.3. The molecule has 1 amide bonds. The van der Waals surface area contributed by atoms with E-state index in [1.807, 2.05) is 12.2 Å². The number of aliphatic carboxylic acids is 1. The zero-order chi connectivity index (χ0) is 14.1. The molecule has 2 aliphatic rings. The van der Waals surface area contributed by atoms with E-state index in [-0.39, 0.29) is 5.91 Å². The molecule has 0 unspecified atom stereocenters. The average molecular weight is 292 g/mol. The number of carboxylic acid groups (broad SMARTS) is 1. The number of nitrogens with zero attached hydrogens (tertiary/aromatic N) is 1. The molecule has 0 aliphatic heterocycles. The number of allylic oxidation sites excluding steroid dienone is 2. The summed E-state index contributed by atoms with van der Waals surface area (Å²) >= 11 is 1.52. The van der Waals surface area contributed by atoms with Crippen LogP contribution in [0.4, 0.5) is 5.13 Å². The highest BCUT2D eigenvalue weighted by Crippen LogP contribution is 2.32. The van der Waals surface area contributed by atoms with Gasteiger partial charge in [-0.1, -0.05) is 12.2 Å². The van der Waals surface area contributed by atoms with E-state index in [0.717, 1.165) is 25.0 Å². The average Bonchev–Trinajstić information content (AvgIpc) is 2.99. The van der Waals surface area contributed by atoms with E-state index >= 15 is 0 Å². The van der Waals surface area contributed by atoms with Crippen LogP contribution >= 0.6 is 11.3 Å². The standard InChI is InChI=1S/C14H16N2O3S/c17-12(8-4-1-2-5-9(8)13(18)19)16-14-15-10-6-3-7-11(10)20-14/h1-2,8-9H,3-7H2,(H,18,19)(H,15,16,17)/t8-,9+/m1/s1. The van der Waals surface area contributed by atoms with E-state index in [1.54, 1.807) is 0 Å². The number of carbonyl (C=O) groups excluding carboxylic acids is 1. The minimum absolute atomic E-state index is 0.228. The number of fused-ring (bicyclic) bond motifs is 1. The number of rotatable bonds is 3. The summed E-state index contributed by atoms with van der Waals surface area (Å²) in [6.45, 7) is 0. The van der Waals surface area contributed by atoms with Crippen LogP contribution in [0.2, 0.25) is 0 Å². The van der Waals surface area contributed by atoms with Gasteiger partial charge in [0.05, 0.1) is 17.5 Å². The molecule has 0 radical (unpaired) electrons. The van der Waals surface area contributed by atoms with Gasteiger partial charge in [-0.25, -0.2) is 4.98 Å². The molecule has 106 valence electrons. The third-order valence-corrected chi connectivity index (χ3v) is 4.99. The van der Waals surface area contributed by atoms with Crippen molar-refractivity contribution in [3.8, 4) is 0 Å². The smallest absolute Gasteiger partial charge is 0.307 e. The van der Waals surface area contributed by atoms with Crippen molar-refractivity contribution in [3.63, 3.8) is 0 Å². The number of anilines is 1. The molecular weight excluding hydrogens is 276 g/mol. The van der Waals surface area contributed by atoms with Crippen LogP contribution in [0, 0.1) is 11.8 Å². The second kappa shape index (κ2) is 5.36. The van der Waals surface area contributed by atoms with Crippen molar-refractivity contribution in [1.82, 2.24) is 4.98 Å². The summed E-state index contributed by atoms with van der Waals surface area (Å²) in [4.78, 5) is 29.1. The van der Waals surface area contributed by atoms with Crippen LogP contribution in [-0.2, 0) is 22.4 Å². The number of nitrogens with one attached hydrogen (secondary N) is 1. The minimum atomic E-state index is -0.906. The summed E-state index contributed by atoms with van der Waals surface area (Å²) in [5.41, 5.74) is 1.09. The van der Waals surface area contributed by atoms with Crippen LogP contribution in [0.15, 0.2) is 12.2 Å². The summed E-state index contributed by atoms with van der Waals surface area (Å²) in [6.07, 6.45) is 7.76. The first-order valence-corrected chi connectivity index (χ1v) is 7.64. The highest BCUT2D eigenvalue weighted by atomic mass is 32.1. The van der Waals surface area contributed by atoms with Gasteiger partial charge in [0.25, 0.3) is 0 Å². The molecular formula is C14H16N2O3S. The molecule has 3 rings (SSSR count). The van der Waals surface area contributed by atoms with Crippen molar-refractivity contribution >= 4 is 28.3 Å². The number of thiazole rings is 1.